The summed E-state index contributed by atoms with van der Waals surface area (Å²) in [5.41, 5.74) is 2.36. The summed E-state index contributed by atoms with van der Waals surface area (Å²) in [5, 5.41) is 12.9. The van der Waals surface area contributed by atoms with Gasteiger partial charge in [-0.25, -0.2) is 0 Å². The number of hydrogen-bond donors (Lipinski definition) is 2. The molecular weight excluding hydrogens is 250 g/mol. The molecule has 0 radical (unpaired) electrons. The molecule has 0 aliphatic rings. The van der Waals surface area contributed by atoms with Crippen LogP contribution in [0.2, 0.25) is 5.02 Å². The van der Waals surface area contributed by atoms with E-state index in [0.29, 0.717) is 18.0 Å². The van der Waals surface area contributed by atoms with Gasteiger partial charge in [-0.05, 0) is 51.3 Å². The molecule has 0 aromatic heterocycles. The van der Waals surface area contributed by atoms with Crippen LogP contribution in [0.3, 0.4) is 0 Å². The SMILES string of the molecule is Cc1cc(C)c(NCCC(C)(C)C(=O)O)c(Cl)c1. The molecule has 1 aromatic carbocycles. The minimum atomic E-state index is -0.781. The molecule has 0 aliphatic heterocycles. The molecule has 0 fully saturated rings. The molecule has 1 rings (SSSR count). The molecule has 0 bridgehead atoms. The summed E-state index contributed by atoms with van der Waals surface area (Å²) in [7, 11) is 0. The second-order valence-electron chi connectivity index (χ2n) is 5.30. The highest BCUT2D eigenvalue weighted by Crippen LogP contribution is 2.28. The molecule has 0 saturated carbocycles. The molecule has 0 unspecified atom stereocenters. The summed E-state index contributed by atoms with van der Waals surface area (Å²) < 4.78 is 0. The van der Waals surface area contributed by atoms with Crippen molar-refractivity contribution >= 4 is 23.3 Å². The Labute approximate surface area is 113 Å². The maximum atomic E-state index is 11.0. The van der Waals surface area contributed by atoms with Crippen molar-refractivity contribution in [3.63, 3.8) is 0 Å². The lowest BCUT2D eigenvalue weighted by Crippen LogP contribution is -2.26. The Balaban J connectivity index is 2.68. The van der Waals surface area contributed by atoms with Crippen molar-refractivity contribution in [2.75, 3.05) is 11.9 Å². The highest BCUT2D eigenvalue weighted by atomic mass is 35.5. The predicted octanol–water partition coefficient (Wildman–Crippen LogP) is 3.87. The molecule has 4 heteroatoms. The largest absolute Gasteiger partial charge is 0.481 e. The summed E-state index contributed by atoms with van der Waals surface area (Å²) in [6.45, 7) is 8.02. The van der Waals surface area contributed by atoms with Gasteiger partial charge in [0.25, 0.3) is 0 Å². The van der Waals surface area contributed by atoms with E-state index in [9.17, 15) is 4.79 Å². The van der Waals surface area contributed by atoms with Crippen LogP contribution in [0.15, 0.2) is 12.1 Å². The van der Waals surface area contributed by atoms with Crippen LogP contribution in [0.5, 0.6) is 0 Å². The second-order valence-corrected chi connectivity index (χ2v) is 5.71. The highest BCUT2D eigenvalue weighted by molar-refractivity contribution is 6.33. The van der Waals surface area contributed by atoms with Gasteiger partial charge in [0.1, 0.15) is 0 Å². The van der Waals surface area contributed by atoms with Crippen LogP contribution in [-0.4, -0.2) is 17.6 Å². The van der Waals surface area contributed by atoms with Crippen molar-refractivity contribution in [2.45, 2.75) is 34.1 Å². The number of aryl methyl sites for hydroxylation is 2. The maximum Gasteiger partial charge on any atom is 0.309 e. The molecule has 3 nitrogen and oxygen atoms in total. The van der Waals surface area contributed by atoms with E-state index < -0.39 is 11.4 Å². The first-order valence-corrected chi connectivity index (χ1v) is 6.36. The fourth-order valence-corrected chi connectivity index (χ4v) is 2.13. The lowest BCUT2D eigenvalue weighted by molar-refractivity contribution is -0.147. The van der Waals surface area contributed by atoms with E-state index in [0.717, 1.165) is 16.8 Å². The Morgan fingerprint density at radius 2 is 2.00 bits per heavy atom. The first kappa shape index (κ1) is 14.8. The van der Waals surface area contributed by atoms with Crippen LogP contribution >= 0.6 is 11.6 Å². The third-order valence-electron chi connectivity index (χ3n) is 3.06. The summed E-state index contributed by atoms with van der Waals surface area (Å²) >= 11 is 6.17. The highest BCUT2D eigenvalue weighted by Gasteiger charge is 2.26. The van der Waals surface area contributed by atoms with E-state index in [2.05, 4.69) is 11.4 Å². The molecule has 2 N–H and O–H groups in total. The summed E-state index contributed by atoms with van der Waals surface area (Å²) in [4.78, 5) is 11.0. The summed E-state index contributed by atoms with van der Waals surface area (Å²) in [6, 6.07) is 3.95. The topological polar surface area (TPSA) is 49.3 Å². The van der Waals surface area contributed by atoms with Gasteiger partial charge in [-0.15, -0.1) is 0 Å². The van der Waals surface area contributed by atoms with E-state index in [1.165, 1.54) is 0 Å². The first-order valence-electron chi connectivity index (χ1n) is 5.98. The van der Waals surface area contributed by atoms with Gasteiger partial charge in [0.15, 0.2) is 0 Å². The molecule has 1 aromatic rings. The summed E-state index contributed by atoms with van der Waals surface area (Å²) in [6.07, 6.45) is 0.548. The zero-order valence-corrected chi connectivity index (χ0v) is 12.1. The number of carboxylic acids is 1. The van der Waals surface area contributed by atoms with Crippen LogP contribution in [0, 0.1) is 19.3 Å². The third kappa shape index (κ3) is 3.64. The zero-order valence-electron chi connectivity index (χ0n) is 11.3. The van der Waals surface area contributed by atoms with Gasteiger partial charge in [-0.3, -0.25) is 4.79 Å². The minimum Gasteiger partial charge on any atom is -0.481 e. The number of carboxylic acid groups (broad SMARTS) is 1. The van der Waals surface area contributed by atoms with Gasteiger partial charge in [0.05, 0.1) is 16.1 Å². The van der Waals surface area contributed by atoms with Gasteiger partial charge < -0.3 is 10.4 Å². The zero-order chi connectivity index (χ0) is 13.9. The smallest absolute Gasteiger partial charge is 0.309 e. The van der Waals surface area contributed by atoms with Crippen molar-refractivity contribution in [1.82, 2.24) is 0 Å². The van der Waals surface area contributed by atoms with E-state index >= 15 is 0 Å². The Bertz CT molecular complexity index is 432. The van der Waals surface area contributed by atoms with Crippen LogP contribution in [0.4, 0.5) is 5.69 Å². The molecule has 0 amide bonds. The number of aliphatic carboxylic acids is 1. The van der Waals surface area contributed by atoms with Gasteiger partial charge in [0.2, 0.25) is 0 Å². The Hall–Kier alpha value is -1.22. The maximum absolute atomic E-state index is 11.0. The average molecular weight is 270 g/mol. The number of halogens is 1. The Morgan fingerprint density at radius 3 is 2.50 bits per heavy atom. The molecule has 0 heterocycles. The van der Waals surface area contributed by atoms with E-state index in [1.54, 1.807) is 13.8 Å². The molecule has 18 heavy (non-hydrogen) atoms. The van der Waals surface area contributed by atoms with Crippen LogP contribution in [0.25, 0.3) is 0 Å². The fraction of sp³-hybridized carbons (Fsp3) is 0.500. The number of hydrogen-bond acceptors (Lipinski definition) is 2. The average Bonchev–Trinajstić information content (AvgIpc) is 2.21. The van der Waals surface area contributed by atoms with Crippen molar-refractivity contribution < 1.29 is 9.90 Å². The van der Waals surface area contributed by atoms with Gasteiger partial charge in [0, 0.05) is 6.54 Å². The molecule has 0 spiro atoms. The lowest BCUT2D eigenvalue weighted by Gasteiger charge is -2.20. The number of carbonyl (C=O) groups is 1. The molecule has 0 aliphatic carbocycles. The fourth-order valence-electron chi connectivity index (χ4n) is 1.75. The molecule has 100 valence electrons. The number of nitrogens with one attached hydrogen (secondary N) is 1. The monoisotopic (exact) mass is 269 g/mol. The third-order valence-corrected chi connectivity index (χ3v) is 3.36. The summed E-state index contributed by atoms with van der Waals surface area (Å²) in [5.74, 6) is -0.781. The lowest BCUT2D eigenvalue weighted by atomic mass is 9.89. The molecule has 0 atom stereocenters. The van der Waals surface area contributed by atoms with Gasteiger partial charge in [-0.1, -0.05) is 17.7 Å². The van der Waals surface area contributed by atoms with E-state index in [1.807, 2.05) is 19.9 Å². The Morgan fingerprint density at radius 1 is 1.39 bits per heavy atom. The van der Waals surface area contributed by atoms with E-state index in [4.69, 9.17) is 16.7 Å². The predicted molar refractivity (Wildman–Crippen MR) is 75.4 cm³/mol. The van der Waals surface area contributed by atoms with Crippen molar-refractivity contribution in [2.24, 2.45) is 5.41 Å². The van der Waals surface area contributed by atoms with Crippen LogP contribution in [0.1, 0.15) is 31.4 Å². The van der Waals surface area contributed by atoms with Crippen molar-refractivity contribution in [1.29, 1.82) is 0 Å². The first-order chi connectivity index (χ1) is 8.24. The number of rotatable bonds is 5. The quantitative estimate of drug-likeness (QED) is 0.853. The van der Waals surface area contributed by atoms with Crippen LogP contribution in [-0.2, 0) is 4.79 Å². The minimum absolute atomic E-state index is 0.548. The van der Waals surface area contributed by atoms with Crippen molar-refractivity contribution in [3.05, 3.63) is 28.3 Å². The number of benzene rings is 1. The second kappa shape index (κ2) is 5.61. The number of anilines is 1. The molecule has 0 saturated heterocycles. The van der Waals surface area contributed by atoms with Crippen LogP contribution < -0.4 is 5.32 Å². The van der Waals surface area contributed by atoms with E-state index in [-0.39, 0.29) is 0 Å². The normalized spacial score (nSPS) is 11.4. The van der Waals surface area contributed by atoms with Crippen molar-refractivity contribution in [3.8, 4) is 0 Å². The Kier molecular flexibility index (Phi) is 4.63. The molecular formula is C14H20ClNO2. The van der Waals surface area contributed by atoms with Gasteiger partial charge >= 0.3 is 5.97 Å². The standard InChI is InChI=1S/C14H20ClNO2/c1-9-7-10(2)12(11(15)8-9)16-6-5-14(3,4)13(17)18/h7-8,16H,5-6H2,1-4H3,(H,17,18). The van der Waals surface area contributed by atoms with Gasteiger partial charge in [-0.2, -0.15) is 0 Å².